The van der Waals surface area contributed by atoms with Crippen LogP contribution in [0, 0.1) is 5.92 Å². The number of nitrogens with zero attached hydrogens (tertiary/aromatic N) is 1. The van der Waals surface area contributed by atoms with Gasteiger partial charge in [0.1, 0.15) is 0 Å². The minimum atomic E-state index is 0.496. The van der Waals surface area contributed by atoms with Crippen LogP contribution in [0.1, 0.15) is 24.8 Å². The van der Waals surface area contributed by atoms with Crippen LogP contribution >= 0.6 is 0 Å². The number of benzene rings is 2. The second-order valence-electron chi connectivity index (χ2n) is 6.64. The van der Waals surface area contributed by atoms with E-state index in [0.717, 1.165) is 12.0 Å². The van der Waals surface area contributed by atoms with Crippen LogP contribution in [0.25, 0.3) is 10.8 Å². The van der Waals surface area contributed by atoms with Crippen LogP contribution in [-0.2, 0) is 5.41 Å². The molecule has 1 heteroatoms. The van der Waals surface area contributed by atoms with E-state index < -0.39 is 0 Å². The van der Waals surface area contributed by atoms with Crippen molar-refractivity contribution in [1.82, 2.24) is 4.90 Å². The number of rotatable bonds is 2. The van der Waals surface area contributed by atoms with Crippen LogP contribution in [-0.4, -0.2) is 25.0 Å². The molecule has 1 nitrogen and oxygen atoms in total. The lowest BCUT2D eigenvalue weighted by Crippen LogP contribution is -2.27. The Labute approximate surface area is 115 Å². The second-order valence-corrected chi connectivity index (χ2v) is 6.64. The van der Waals surface area contributed by atoms with Gasteiger partial charge in [-0.3, -0.25) is 0 Å². The maximum absolute atomic E-state index is 2.42. The molecule has 2 aromatic rings. The van der Waals surface area contributed by atoms with Gasteiger partial charge >= 0.3 is 0 Å². The standard InChI is InChI=1S/C18H21N/c1-19(2)15-10-14-11-18(14,12-15)17-9-5-7-13-6-3-4-8-16(13)17/h3-9,14-15H,10-12H2,1-2H3. The van der Waals surface area contributed by atoms with E-state index in [1.54, 1.807) is 5.56 Å². The summed E-state index contributed by atoms with van der Waals surface area (Å²) in [5.74, 6) is 0.922. The zero-order chi connectivity index (χ0) is 13.0. The summed E-state index contributed by atoms with van der Waals surface area (Å²) in [5, 5.41) is 2.88. The van der Waals surface area contributed by atoms with Gasteiger partial charge in [0.25, 0.3) is 0 Å². The molecule has 3 unspecified atom stereocenters. The summed E-state index contributed by atoms with van der Waals surface area (Å²) in [6.07, 6.45) is 4.14. The summed E-state index contributed by atoms with van der Waals surface area (Å²) in [4.78, 5) is 2.42. The molecule has 0 aromatic heterocycles. The third-order valence-corrected chi connectivity index (χ3v) is 5.44. The minimum absolute atomic E-state index is 0.496. The van der Waals surface area contributed by atoms with Crippen LogP contribution < -0.4 is 0 Å². The highest BCUT2D eigenvalue weighted by Gasteiger charge is 2.61. The molecule has 2 saturated carbocycles. The fourth-order valence-electron chi connectivity index (χ4n) is 4.26. The molecule has 98 valence electrons. The average molecular weight is 251 g/mol. The molecule has 3 atom stereocenters. The fraction of sp³-hybridized carbons (Fsp3) is 0.444. The minimum Gasteiger partial charge on any atom is -0.306 e. The normalized spacial score (nSPS) is 32.8. The summed E-state index contributed by atoms with van der Waals surface area (Å²) in [7, 11) is 4.46. The molecule has 0 radical (unpaired) electrons. The quantitative estimate of drug-likeness (QED) is 0.784. The van der Waals surface area contributed by atoms with Crippen LogP contribution in [0.4, 0.5) is 0 Å². The Morgan fingerprint density at radius 1 is 1.00 bits per heavy atom. The average Bonchev–Trinajstić information content (AvgIpc) is 3.00. The van der Waals surface area contributed by atoms with Gasteiger partial charge in [-0.2, -0.15) is 0 Å². The Balaban J connectivity index is 1.80. The van der Waals surface area contributed by atoms with Gasteiger partial charge in [-0.25, -0.2) is 0 Å². The van der Waals surface area contributed by atoms with Crippen molar-refractivity contribution >= 4 is 10.8 Å². The van der Waals surface area contributed by atoms with E-state index in [9.17, 15) is 0 Å². The first-order chi connectivity index (χ1) is 9.21. The monoisotopic (exact) mass is 251 g/mol. The van der Waals surface area contributed by atoms with Gasteiger partial charge in [0.2, 0.25) is 0 Å². The molecule has 0 amide bonds. The maximum Gasteiger partial charge on any atom is 0.0101 e. The molecule has 0 saturated heterocycles. The Hall–Kier alpha value is -1.34. The molecule has 2 fully saturated rings. The fourth-order valence-corrected chi connectivity index (χ4v) is 4.26. The molecule has 4 rings (SSSR count). The predicted octanol–water partition coefficient (Wildman–Crippen LogP) is 3.82. The van der Waals surface area contributed by atoms with Gasteiger partial charge in [-0.1, -0.05) is 42.5 Å². The molecule has 2 aromatic carbocycles. The van der Waals surface area contributed by atoms with Gasteiger partial charge in [0.15, 0.2) is 0 Å². The molecule has 0 bridgehead atoms. The van der Waals surface area contributed by atoms with Crippen molar-refractivity contribution in [3.63, 3.8) is 0 Å². The number of fused-ring (bicyclic) bond motifs is 2. The lowest BCUT2D eigenvalue weighted by Gasteiger charge is -2.23. The van der Waals surface area contributed by atoms with Crippen LogP contribution in [0.5, 0.6) is 0 Å². The van der Waals surface area contributed by atoms with E-state index in [1.807, 2.05) is 0 Å². The first kappa shape index (κ1) is 11.5. The molecular formula is C18H21N. The number of hydrogen-bond acceptors (Lipinski definition) is 1. The van der Waals surface area contributed by atoms with Crippen molar-refractivity contribution in [2.75, 3.05) is 14.1 Å². The SMILES string of the molecule is CN(C)C1CC2CC2(c2cccc3ccccc23)C1. The summed E-state index contributed by atoms with van der Waals surface area (Å²) in [6.45, 7) is 0. The van der Waals surface area contributed by atoms with E-state index in [4.69, 9.17) is 0 Å². The maximum atomic E-state index is 2.42. The van der Waals surface area contributed by atoms with E-state index in [-0.39, 0.29) is 0 Å². The zero-order valence-corrected chi connectivity index (χ0v) is 11.8. The summed E-state index contributed by atoms with van der Waals surface area (Å²) in [6, 6.07) is 16.5. The molecule has 2 aliphatic carbocycles. The zero-order valence-electron chi connectivity index (χ0n) is 11.8. The van der Waals surface area contributed by atoms with Crippen molar-refractivity contribution in [1.29, 1.82) is 0 Å². The van der Waals surface area contributed by atoms with Crippen molar-refractivity contribution in [2.24, 2.45) is 5.92 Å². The second kappa shape index (κ2) is 3.83. The van der Waals surface area contributed by atoms with Gasteiger partial charge in [-0.15, -0.1) is 0 Å². The van der Waals surface area contributed by atoms with E-state index in [0.29, 0.717) is 5.41 Å². The smallest absolute Gasteiger partial charge is 0.0101 e. The largest absolute Gasteiger partial charge is 0.306 e. The molecule has 19 heavy (non-hydrogen) atoms. The highest BCUT2D eigenvalue weighted by molar-refractivity contribution is 5.87. The summed E-state index contributed by atoms with van der Waals surface area (Å²) in [5.41, 5.74) is 2.11. The highest BCUT2D eigenvalue weighted by atomic mass is 15.1. The van der Waals surface area contributed by atoms with Gasteiger partial charge < -0.3 is 4.90 Å². The first-order valence-corrected chi connectivity index (χ1v) is 7.35. The third kappa shape index (κ3) is 1.58. The Kier molecular flexibility index (Phi) is 2.32. The van der Waals surface area contributed by atoms with E-state index in [2.05, 4.69) is 61.5 Å². The molecule has 0 aliphatic heterocycles. The first-order valence-electron chi connectivity index (χ1n) is 7.35. The molecule has 0 heterocycles. The third-order valence-electron chi connectivity index (χ3n) is 5.44. The topological polar surface area (TPSA) is 3.24 Å². The number of hydrogen-bond donors (Lipinski definition) is 0. The Morgan fingerprint density at radius 2 is 1.79 bits per heavy atom. The lowest BCUT2D eigenvalue weighted by atomic mass is 9.88. The lowest BCUT2D eigenvalue weighted by molar-refractivity contribution is 0.276. The summed E-state index contributed by atoms with van der Waals surface area (Å²) >= 11 is 0. The highest BCUT2D eigenvalue weighted by Crippen LogP contribution is 2.65. The van der Waals surface area contributed by atoms with Gasteiger partial charge in [-0.05, 0) is 55.6 Å². The van der Waals surface area contributed by atoms with Gasteiger partial charge in [0.05, 0.1) is 0 Å². The Morgan fingerprint density at radius 3 is 2.58 bits per heavy atom. The Bertz CT molecular complexity index is 625. The van der Waals surface area contributed by atoms with Crippen molar-refractivity contribution in [3.05, 3.63) is 48.0 Å². The van der Waals surface area contributed by atoms with E-state index >= 15 is 0 Å². The molecule has 2 aliphatic rings. The summed E-state index contributed by atoms with van der Waals surface area (Å²) < 4.78 is 0. The van der Waals surface area contributed by atoms with Crippen molar-refractivity contribution in [3.8, 4) is 0 Å². The molecular weight excluding hydrogens is 230 g/mol. The van der Waals surface area contributed by atoms with Crippen LogP contribution in [0.15, 0.2) is 42.5 Å². The molecule has 0 N–H and O–H groups in total. The van der Waals surface area contributed by atoms with Crippen LogP contribution in [0.2, 0.25) is 0 Å². The predicted molar refractivity (Wildman–Crippen MR) is 80.4 cm³/mol. The van der Waals surface area contributed by atoms with Crippen LogP contribution in [0.3, 0.4) is 0 Å². The van der Waals surface area contributed by atoms with Gasteiger partial charge in [0, 0.05) is 11.5 Å². The van der Waals surface area contributed by atoms with Crippen molar-refractivity contribution in [2.45, 2.75) is 30.7 Å². The molecule has 0 spiro atoms. The van der Waals surface area contributed by atoms with E-state index in [1.165, 1.54) is 30.0 Å². The van der Waals surface area contributed by atoms with Crippen molar-refractivity contribution < 1.29 is 0 Å².